The topological polar surface area (TPSA) is 109 Å². The Balaban J connectivity index is 1.50. The molecule has 4 aromatic rings. The average molecular weight is 503 g/mol. The highest BCUT2D eigenvalue weighted by atomic mass is 35.5. The van der Waals surface area contributed by atoms with Gasteiger partial charge in [0.15, 0.2) is 11.5 Å². The van der Waals surface area contributed by atoms with Gasteiger partial charge in [-0.15, -0.1) is 0 Å². The van der Waals surface area contributed by atoms with Crippen molar-refractivity contribution in [2.75, 3.05) is 6.54 Å². The number of nitrogens with zero attached hydrogens (tertiary/aromatic N) is 1. The van der Waals surface area contributed by atoms with E-state index in [1.807, 2.05) is 12.1 Å². The van der Waals surface area contributed by atoms with Gasteiger partial charge in [-0.05, 0) is 42.2 Å². The number of carboxylic acids is 1. The number of carboxylic acid groups (broad SMARTS) is 1. The number of nitrogens with one attached hydrogen (secondary N) is 1. The Morgan fingerprint density at radius 3 is 2.33 bits per heavy atom. The summed E-state index contributed by atoms with van der Waals surface area (Å²) in [6.07, 6.45) is 2.04. The molecule has 1 aromatic heterocycles. The first kappa shape index (κ1) is 24.9. The van der Waals surface area contributed by atoms with Gasteiger partial charge in [-0.2, -0.15) is 0 Å². The zero-order valence-corrected chi connectivity index (χ0v) is 20.0. The molecule has 182 valence electrons. The molecule has 0 saturated heterocycles. The molecule has 0 aliphatic rings. The van der Waals surface area contributed by atoms with E-state index in [1.165, 1.54) is 6.26 Å². The molecule has 3 aromatic carbocycles. The molecule has 1 heterocycles. The fraction of sp³-hybridized carbons (Fsp3) is 0.143. The average Bonchev–Trinajstić information content (AvgIpc) is 3.39. The van der Waals surface area contributed by atoms with Crippen LogP contribution in [0.3, 0.4) is 0 Å². The zero-order chi connectivity index (χ0) is 25.5. The second-order valence-electron chi connectivity index (χ2n) is 8.10. The molecule has 1 amide bonds. The fourth-order valence-corrected chi connectivity index (χ4v) is 3.90. The molecule has 0 fully saturated rings. The molecule has 0 unspecified atom stereocenters. The van der Waals surface area contributed by atoms with Gasteiger partial charge in [0.05, 0.1) is 0 Å². The maximum Gasteiger partial charge on any atom is 0.303 e. The molecule has 0 atom stereocenters. The van der Waals surface area contributed by atoms with Gasteiger partial charge in [-0.25, -0.2) is 4.98 Å². The maximum atomic E-state index is 13.4. The summed E-state index contributed by atoms with van der Waals surface area (Å²) in [6.45, 7) is 0.408. The number of aryl methyl sites for hydroxylation is 1. The number of oxazole rings is 1. The summed E-state index contributed by atoms with van der Waals surface area (Å²) in [6, 6.07) is 21.1. The van der Waals surface area contributed by atoms with Crippen LogP contribution in [0.4, 0.5) is 0 Å². The molecule has 0 radical (unpaired) electrons. The fourth-order valence-electron chi connectivity index (χ4n) is 3.78. The summed E-state index contributed by atoms with van der Waals surface area (Å²) in [5.41, 5.74) is 2.99. The summed E-state index contributed by atoms with van der Waals surface area (Å²) in [7, 11) is 0. The van der Waals surface area contributed by atoms with Gasteiger partial charge in [-0.3, -0.25) is 14.4 Å². The predicted molar refractivity (Wildman–Crippen MR) is 135 cm³/mol. The van der Waals surface area contributed by atoms with Gasteiger partial charge in [0.2, 0.25) is 5.89 Å². The molecule has 7 nitrogen and oxygen atoms in total. The number of hydrogen-bond donors (Lipinski definition) is 2. The lowest BCUT2D eigenvalue weighted by Gasteiger charge is -2.10. The number of aliphatic carboxylic acids is 1. The van der Waals surface area contributed by atoms with Crippen LogP contribution >= 0.6 is 11.6 Å². The normalized spacial score (nSPS) is 10.7. The highest BCUT2D eigenvalue weighted by Crippen LogP contribution is 2.27. The van der Waals surface area contributed by atoms with Gasteiger partial charge in [-0.1, -0.05) is 66.2 Å². The van der Waals surface area contributed by atoms with Crippen LogP contribution in [0.2, 0.25) is 5.02 Å². The van der Waals surface area contributed by atoms with Crippen molar-refractivity contribution in [2.24, 2.45) is 0 Å². The quantitative estimate of drug-likeness (QED) is 0.288. The van der Waals surface area contributed by atoms with Crippen LogP contribution in [0.25, 0.3) is 11.5 Å². The Labute approximate surface area is 212 Å². The third-order valence-corrected chi connectivity index (χ3v) is 5.87. The molecule has 0 spiro atoms. The number of halogens is 1. The van der Waals surface area contributed by atoms with Crippen LogP contribution in [-0.2, 0) is 17.6 Å². The summed E-state index contributed by atoms with van der Waals surface area (Å²) in [4.78, 5) is 41.4. The maximum absolute atomic E-state index is 13.4. The Morgan fingerprint density at radius 1 is 0.889 bits per heavy atom. The van der Waals surface area contributed by atoms with Crippen LogP contribution in [0.5, 0.6) is 0 Å². The number of ketones is 1. The molecule has 0 aliphatic heterocycles. The lowest BCUT2D eigenvalue weighted by molar-refractivity contribution is -0.136. The summed E-state index contributed by atoms with van der Waals surface area (Å²) >= 11 is 5.90. The van der Waals surface area contributed by atoms with E-state index in [-0.39, 0.29) is 36.1 Å². The highest BCUT2D eigenvalue weighted by molar-refractivity contribution is 6.30. The van der Waals surface area contributed by atoms with Crippen LogP contribution in [-0.4, -0.2) is 34.3 Å². The minimum Gasteiger partial charge on any atom is -0.481 e. The molecule has 0 bridgehead atoms. The van der Waals surface area contributed by atoms with E-state index in [4.69, 9.17) is 21.1 Å². The molecular weight excluding hydrogens is 480 g/mol. The van der Waals surface area contributed by atoms with Crippen molar-refractivity contribution in [2.45, 2.75) is 19.3 Å². The molecule has 2 N–H and O–H groups in total. The van der Waals surface area contributed by atoms with E-state index in [2.05, 4.69) is 10.3 Å². The van der Waals surface area contributed by atoms with Crippen molar-refractivity contribution in [3.05, 3.63) is 112 Å². The minimum atomic E-state index is -0.934. The third kappa shape index (κ3) is 6.06. The van der Waals surface area contributed by atoms with E-state index in [0.29, 0.717) is 40.2 Å². The summed E-state index contributed by atoms with van der Waals surface area (Å²) < 4.78 is 5.57. The number of benzene rings is 3. The van der Waals surface area contributed by atoms with Crippen molar-refractivity contribution in [1.29, 1.82) is 0 Å². The van der Waals surface area contributed by atoms with E-state index in [1.54, 1.807) is 60.7 Å². The van der Waals surface area contributed by atoms with Crippen LogP contribution in [0.1, 0.15) is 44.0 Å². The van der Waals surface area contributed by atoms with Crippen LogP contribution in [0, 0.1) is 0 Å². The lowest BCUT2D eigenvalue weighted by Crippen LogP contribution is -2.25. The second-order valence-corrected chi connectivity index (χ2v) is 8.53. The van der Waals surface area contributed by atoms with E-state index in [0.717, 1.165) is 5.56 Å². The Kier molecular flexibility index (Phi) is 7.92. The molecule has 4 rings (SSSR count). The first-order chi connectivity index (χ1) is 17.4. The second kappa shape index (κ2) is 11.5. The molecular formula is C28H23ClN2O5. The molecule has 0 saturated carbocycles. The Morgan fingerprint density at radius 2 is 1.58 bits per heavy atom. The van der Waals surface area contributed by atoms with Crippen molar-refractivity contribution < 1.29 is 23.9 Å². The van der Waals surface area contributed by atoms with Crippen LogP contribution in [0.15, 0.2) is 83.5 Å². The lowest BCUT2D eigenvalue weighted by atomic mass is 9.93. The van der Waals surface area contributed by atoms with E-state index in [9.17, 15) is 14.4 Å². The van der Waals surface area contributed by atoms with E-state index >= 15 is 0 Å². The Hall–Kier alpha value is -4.23. The van der Waals surface area contributed by atoms with Gasteiger partial charge < -0.3 is 14.8 Å². The van der Waals surface area contributed by atoms with Gasteiger partial charge in [0.1, 0.15) is 6.26 Å². The molecule has 8 heteroatoms. The number of rotatable bonds is 10. The number of carbonyl (C=O) groups is 3. The number of carbonyl (C=O) groups excluding carboxylic acids is 2. The van der Waals surface area contributed by atoms with Crippen molar-refractivity contribution >= 4 is 29.3 Å². The van der Waals surface area contributed by atoms with Gasteiger partial charge in [0.25, 0.3) is 5.91 Å². The highest BCUT2D eigenvalue weighted by Gasteiger charge is 2.21. The first-order valence-corrected chi connectivity index (χ1v) is 11.7. The summed E-state index contributed by atoms with van der Waals surface area (Å²) in [5.74, 6) is -1.46. The molecule has 36 heavy (non-hydrogen) atoms. The van der Waals surface area contributed by atoms with Crippen molar-refractivity contribution in [3.8, 4) is 11.5 Å². The van der Waals surface area contributed by atoms with Crippen LogP contribution < -0.4 is 5.32 Å². The number of aromatic nitrogens is 1. The SMILES string of the molecule is O=C(O)CCc1ccccc1C(=O)c1ccccc1-c1nc(C(=O)NCCc2ccc(Cl)cc2)co1. The standard InChI is InChI=1S/C28H23ClN2O5/c29-20-12-9-18(10-13-20)15-16-30-27(35)24-17-36-28(31-24)23-8-4-3-7-22(23)26(34)21-6-2-1-5-19(21)11-14-25(32)33/h1-10,12-13,17H,11,14-16H2,(H,30,35)(H,32,33). The Bertz CT molecular complexity index is 1400. The zero-order valence-electron chi connectivity index (χ0n) is 19.2. The first-order valence-electron chi connectivity index (χ1n) is 11.3. The minimum absolute atomic E-state index is 0.0812. The summed E-state index contributed by atoms with van der Waals surface area (Å²) in [5, 5.41) is 12.5. The predicted octanol–water partition coefficient (Wildman–Crippen LogP) is 5.22. The third-order valence-electron chi connectivity index (χ3n) is 5.62. The van der Waals surface area contributed by atoms with Gasteiger partial charge in [0, 0.05) is 34.7 Å². The molecule has 0 aliphatic carbocycles. The van der Waals surface area contributed by atoms with E-state index < -0.39 is 5.97 Å². The van der Waals surface area contributed by atoms with Crippen molar-refractivity contribution in [1.82, 2.24) is 10.3 Å². The largest absolute Gasteiger partial charge is 0.481 e. The number of amides is 1. The number of hydrogen-bond acceptors (Lipinski definition) is 5. The van der Waals surface area contributed by atoms with Crippen molar-refractivity contribution in [3.63, 3.8) is 0 Å². The van der Waals surface area contributed by atoms with Gasteiger partial charge >= 0.3 is 5.97 Å². The smallest absolute Gasteiger partial charge is 0.303 e. The monoisotopic (exact) mass is 502 g/mol.